The lowest BCUT2D eigenvalue weighted by molar-refractivity contribution is -0.297. The second-order valence-electron chi connectivity index (χ2n) is 31.2. The maximum Gasteiger partial charge on any atom is 0.330 e. The third kappa shape index (κ3) is 18.5. The molecule has 18 heteroatoms. The highest BCUT2D eigenvalue weighted by atomic mass is 79.9. The summed E-state index contributed by atoms with van der Waals surface area (Å²) in [6.45, 7) is 26.6. The van der Waals surface area contributed by atoms with Crippen molar-refractivity contribution < 1.29 is 60.4 Å². The quantitative estimate of drug-likeness (QED) is 0.0289. The molecule has 7 heterocycles. The minimum Gasteiger partial charge on any atom is -0.458 e. The first kappa shape index (κ1) is 78.6. The van der Waals surface area contributed by atoms with Crippen LogP contribution in [0, 0.1) is 11.8 Å². The van der Waals surface area contributed by atoms with E-state index in [2.05, 4.69) is 224 Å². The van der Waals surface area contributed by atoms with Gasteiger partial charge in [0.25, 0.3) is 16.6 Å². The number of benzene rings is 4. The van der Waals surface area contributed by atoms with Crippen LogP contribution in [-0.2, 0) is 58.0 Å². The lowest BCUT2D eigenvalue weighted by atomic mass is 9.79. The summed E-state index contributed by atoms with van der Waals surface area (Å²) in [6.07, 6.45) is 23.3. The van der Waals surface area contributed by atoms with Gasteiger partial charge in [-0.05, 0) is 106 Å². The molecule has 0 amide bonds. The predicted molar refractivity (Wildman–Crippen MR) is 419 cm³/mol. The number of carbonyl (C=O) groups is 1. The smallest absolute Gasteiger partial charge is 0.330 e. The van der Waals surface area contributed by atoms with E-state index >= 15 is 0 Å². The molecule has 4 aromatic carbocycles. The summed E-state index contributed by atoms with van der Waals surface area (Å²) in [5, 5.41) is 4.19. The van der Waals surface area contributed by atoms with Crippen LogP contribution in [-0.4, -0.2) is 127 Å². The standard InChI is InChI=1S/C86H109BrN2O13Si2/c1-58(43-44-64(91-12)31-29-45-87)48-78(102-104(85(9,10)11,72-36-23-17-24-37-72)73-38-25-18-26-39-73)77-53-69(92-13)54-86(93-14,100-77)55-80-88-63(56-94-80)49-60(3)82-62(5)83-61(4)75(98-82)40-28-41-79-89-74(57-95-79)76-52-68(51-67(97-76)50-66-47-59(2)46-65(96-66)30-27-42-81(90)99-83)101-103(84(6,7)8,70-32-19-15-20-33-70)71-34-21-16-22-35-71/h15-29,32-39,41-45,48-49,56-57,61-62,64-69,75-78,82-83H,2,30-31,40,46-47,50-55H2,1,3-14H3/b41-28+,42-27-,44-43+,45-29+,58-48+,60-49+/t61-,62-,64+,65-,66+,67+,68+,69+,75+,76+,77+,78+,82-,83-,86-/m0/s1. The highest BCUT2D eigenvalue weighted by Crippen LogP contribution is 2.46. The van der Waals surface area contributed by atoms with E-state index in [-0.39, 0.29) is 71.1 Å². The van der Waals surface area contributed by atoms with Gasteiger partial charge in [0.1, 0.15) is 36.1 Å². The summed E-state index contributed by atoms with van der Waals surface area (Å²) in [6, 6.07) is 42.9. The summed E-state index contributed by atoms with van der Waals surface area (Å²) in [5.74, 6) is -1.24. The Morgan fingerprint density at radius 3 is 1.94 bits per heavy atom. The number of esters is 1. The number of allylic oxidation sites excluding steroid dienone is 2. The van der Waals surface area contributed by atoms with E-state index in [9.17, 15) is 4.79 Å². The predicted octanol–water partition coefficient (Wildman–Crippen LogP) is 16.6. The van der Waals surface area contributed by atoms with Crippen molar-refractivity contribution in [3.05, 3.63) is 228 Å². The number of fused-ring (bicyclic) bond motifs is 9. The van der Waals surface area contributed by atoms with Crippen LogP contribution in [0.3, 0.4) is 0 Å². The third-order valence-corrected chi connectivity index (χ3v) is 32.2. The number of carbonyl (C=O) groups excluding carboxylic acids is 1. The Morgan fingerprint density at radius 2 is 1.34 bits per heavy atom. The Hall–Kier alpha value is -6.50. The molecule has 0 radical (unpaired) electrons. The maximum atomic E-state index is 14.2. The topological polar surface area (TPSA) is 161 Å². The van der Waals surface area contributed by atoms with Crippen LogP contribution in [0.2, 0.25) is 10.1 Å². The number of oxazole rings is 2. The molecule has 0 unspecified atom stereocenters. The Balaban J connectivity index is 0.864. The van der Waals surface area contributed by atoms with E-state index < -0.39 is 58.9 Å². The van der Waals surface area contributed by atoms with Crippen molar-refractivity contribution in [3.63, 3.8) is 0 Å². The number of halogens is 1. The van der Waals surface area contributed by atoms with Crippen LogP contribution in [0.1, 0.15) is 163 Å². The average Bonchev–Trinajstić information content (AvgIpc) is 0.833. The van der Waals surface area contributed by atoms with Crippen molar-refractivity contribution in [3.8, 4) is 0 Å². The first-order chi connectivity index (χ1) is 49.9. The summed E-state index contributed by atoms with van der Waals surface area (Å²) in [5.41, 5.74) is 4.29. The molecule has 6 aromatic rings. The van der Waals surface area contributed by atoms with Gasteiger partial charge in [-0.3, -0.25) is 0 Å². The number of rotatable bonds is 21. The van der Waals surface area contributed by atoms with Crippen LogP contribution < -0.4 is 20.7 Å². The molecular weight excluding hydrogens is 1410 g/mol. The number of methoxy groups -OCH3 is 3. The fourth-order valence-corrected chi connectivity index (χ4v) is 26.1. The molecule has 0 N–H and O–H groups in total. The van der Waals surface area contributed by atoms with Gasteiger partial charge >= 0.3 is 5.97 Å². The molecule has 0 saturated carbocycles. The molecule has 11 rings (SSSR count). The molecule has 15 atom stereocenters. The van der Waals surface area contributed by atoms with Crippen molar-refractivity contribution in [2.75, 3.05) is 21.3 Å². The third-order valence-electron chi connectivity index (χ3n) is 21.7. The summed E-state index contributed by atoms with van der Waals surface area (Å²) < 4.78 is 82.3. The highest BCUT2D eigenvalue weighted by Gasteiger charge is 2.56. The van der Waals surface area contributed by atoms with Gasteiger partial charge in [0, 0.05) is 64.9 Å². The number of nitrogens with zero attached hydrogens (tertiary/aromatic N) is 2. The zero-order chi connectivity index (χ0) is 73.8. The van der Waals surface area contributed by atoms with E-state index in [4.69, 9.17) is 65.5 Å². The fourth-order valence-electron chi connectivity index (χ4n) is 16.5. The van der Waals surface area contributed by atoms with Gasteiger partial charge in [-0.25, -0.2) is 14.8 Å². The van der Waals surface area contributed by atoms with Gasteiger partial charge in [-0.1, -0.05) is 247 Å². The molecule has 15 nitrogen and oxygen atoms in total. The fraction of sp³-hybridized carbons (Fsp3) is 0.477. The van der Waals surface area contributed by atoms with E-state index in [1.807, 2.05) is 42.3 Å². The Labute approximate surface area is 627 Å². The van der Waals surface area contributed by atoms with Gasteiger partial charge in [0.05, 0.1) is 67.5 Å². The number of aromatic nitrogens is 2. The molecule has 2 aromatic heterocycles. The zero-order valence-electron chi connectivity index (χ0n) is 63.1. The normalized spacial score (nSPS) is 28.5. The summed E-state index contributed by atoms with van der Waals surface area (Å²) in [4.78, 5) is 26.2. The Morgan fingerprint density at radius 1 is 0.712 bits per heavy atom. The van der Waals surface area contributed by atoms with Gasteiger partial charge in [0.15, 0.2) is 11.7 Å². The Bertz CT molecular complexity index is 3870. The maximum absolute atomic E-state index is 14.2. The van der Waals surface area contributed by atoms with Crippen LogP contribution in [0.5, 0.6) is 0 Å². The number of ether oxygens (including phenoxy) is 8. The van der Waals surface area contributed by atoms with E-state index in [1.165, 1.54) is 10.4 Å². The molecule has 104 heavy (non-hydrogen) atoms. The molecular formula is C86H109BrN2O13Si2. The van der Waals surface area contributed by atoms with Crippen LogP contribution in [0.25, 0.3) is 12.2 Å². The van der Waals surface area contributed by atoms with Crippen LogP contribution in [0.4, 0.5) is 0 Å². The zero-order valence-corrected chi connectivity index (χ0v) is 66.7. The van der Waals surface area contributed by atoms with Crippen molar-refractivity contribution in [1.82, 2.24) is 9.97 Å². The monoisotopic (exact) mass is 1510 g/mol. The Kier molecular flexibility index (Phi) is 26.5. The first-order valence-corrected chi connectivity index (χ1v) is 41.9. The first-order valence-electron chi connectivity index (χ1n) is 37.2. The van der Waals surface area contributed by atoms with Gasteiger partial charge in [-0.2, -0.15) is 0 Å². The lowest BCUT2D eigenvalue weighted by Gasteiger charge is -2.49. The van der Waals surface area contributed by atoms with E-state index in [0.29, 0.717) is 87.4 Å². The van der Waals surface area contributed by atoms with Crippen LogP contribution >= 0.6 is 15.9 Å². The summed E-state index contributed by atoms with van der Waals surface area (Å²) >= 11 is 3.42. The van der Waals surface area contributed by atoms with Gasteiger partial charge in [-0.15, -0.1) is 0 Å². The molecule has 8 bridgehead atoms. The minimum atomic E-state index is -3.18. The molecule has 5 aliphatic rings. The van der Waals surface area contributed by atoms with Crippen molar-refractivity contribution in [1.29, 1.82) is 0 Å². The molecule has 556 valence electrons. The van der Waals surface area contributed by atoms with Gasteiger partial charge < -0.3 is 55.6 Å². The number of hydrogen-bond donors (Lipinski definition) is 0. The second-order valence-corrected chi connectivity index (χ2v) is 40.2. The second kappa shape index (κ2) is 35.0. The van der Waals surface area contributed by atoms with E-state index in [1.54, 1.807) is 39.9 Å². The largest absolute Gasteiger partial charge is 0.458 e. The molecule has 4 saturated heterocycles. The molecule has 5 aliphatic heterocycles. The number of hydrogen-bond acceptors (Lipinski definition) is 15. The van der Waals surface area contributed by atoms with Crippen LogP contribution in [0.15, 0.2) is 214 Å². The van der Waals surface area contributed by atoms with Crippen molar-refractivity contribution >= 4 is 71.4 Å². The van der Waals surface area contributed by atoms with Gasteiger partial charge in [0.2, 0.25) is 5.89 Å². The SMILES string of the molecule is C=C1C[C@@H]2C[C@@H]3C[C@@H](O[Si](c4ccccc4)(c4ccccc4)C(C)(C)C)C[C@@H](O3)c3coc(n3)/C=C/C[C@H]3O[C@@H](/C(C)=C/c4coc(C[C@]5(OC)C[C@H](OC)C[C@H]([C@@H](/C=C(C)/C=C/[C@@H](C/C=C/Br)OC)O[Si](c6ccccc6)(c6ccccc6)C(C)(C)C)O5)n4)[C@H](C)[C@@H](OC(=O)/C=C\C[C@@H](C1)O2)[C@H]3C. The highest BCUT2D eigenvalue weighted by molar-refractivity contribution is 9.11. The minimum absolute atomic E-state index is 0.136. The molecule has 0 aliphatic carbocycles. The average molecular weight is 1510 g/mol. The van der Waals surface area contributed by atoms with Crippen molar-refractivity contribution in [2.24, 2.45) is 11.8 Å². The summed E-state index contributed by atoms with van der Waals surface area (Å²) in [7, 11) is -1.01. The molecule has 0 spiro atoms. The van der Waals surface area contributed by atoms with E-state index in [0.717, 1.165) is 27.1 Å². The lowest BCUT2D eigenvalue weighted by Crippen LogP contribution is -2.69. The van der Waals surface area contributed by atoms with Crippen molar-refractivity contribution in [2.45, 2.75) is 229 Å². The molecule has 4 fully saturated rings.